The van der Waals surface area contributed by atoms with Gasteiger partial charge >= 0.3 is 5.97 Å². The van der Waals surface area contributed by atoms with Crippen molar-refractivity contribution >= 4 is 11.9 Å². The van der Waals surface area contributed by atoms with Crippen LogP contribution in [0.4, 0.5) is 0 Å². The van der Waals surface area contributed by atoms with Crippen LogP contribution in [0.2, 0.25) is 0 Å². The molecule has 1 saturated heterocycles. The summed E-state index contributed by atoms with van der Waals surface area (Å²) < 4.78 is 0. The first-order valence-corrected chi connectivity index (χ1v) is 7.54. The number of amides is 1. The fraction of sp³-hybridized carbons (Fsp3) is 0.857. The van der Waals surface area contributed by atoms with Gasteiger partial charge in [0.25, 0.3) is 0 Å². The molecule has 3 N–H and O–H groups in total. The van der Waals surface area contributed by atoms with Crippen LogP contribution >= 0.6 is 0 Å². The Morgan fingerprint density at radius 2 is 1.70 bits per heavy atom. The zero-order valence-corrected chi connectivity index (χ0v) is 12.0. The maximum Gasteiger partial charge on any atom is 0.317 e. The molecule has 0 unspecified atom stereocenters. The molecule has 6 nitrogen and oxygen atoms in total. The largest absolute Gasteiger partial charge is 0.480 e. The van der Waals surface area contributed by atoms with Gasteiger partial charge < -0.3 is 15.7 Å². The van der Waals surface area contributed by atoms with E-state index in [4.69, 9.17) is 10.8 Å². The maximum absolute atomic E-state index is 12.6. The predicted molar refractivity (Wildman–Crippen MR) is 75.3 cm³/mol. The lowest BCUT2D eigenvalue weighted by Crippen LogP contribution is -2.56. The molecule has 2 aliphatic rings. The van der Waals surface area contributed by atoms with Crippen molar-refractivity contribution in [1.82, 2.24) is 9.80 Å². The van der Waals surface area contributed by atoms with E-state index in [0.717, 1.165) is 38.6 Å². The van der Waals surface area contributed by atoms with Crippen molar-refractivity contribution in [1.29, 1.82) is 0 Å². The van der Waals surface area contributed by atoms with Gasteiger partial charge in [0.15, 0.2) is 0 Å². The lowest BCUT2D eigenvalue weighted by molar-refractivity contribution is -0.138. The molecule has 1 saturated carbocycles. The molecule has 2 rings (SSSR count). The van der Waals surface area contributed by atoms with Crippen LogP contribution in [0, 0.1) is 0 Å². The third-order valence-electron chi connectivity index (χ3n) is 4.41. The smallest absolute Gasteiger partial charge is 0.317 e. The predicted octanol–water partition coefficient (Wildman–Crippen LogP) is 0.267. The van der Waals surface area contributed by atoms with E-state index in [1.54, 1.807) is 0 Å². The average Bonchev–Trinajstić information content (AvgIpc) is 2.63. The third-order valence-corrected chi connectivity index (χ3v) is 4.41. The number of rotatable bonds is 3. The topological polar surface area (TPSA) is 86.9 Å². The van der Waals surface area contributed by atoms with Crippen molar-refractivity contribution in [3.8, 4) is 0 Å². The van der Waals surface area contributed by atoms with E-state index in [1.807, 2.05) is 9.80 Å². The second-order valence-corrected chi connectivity index (χ2v) is 6.03. The van der Waals surface area contributed by atoms with Crippen LogP contribution in [0.1, 0.15) is 38.5 Å². The molecule has 0 radical (unpaired) electrons. The Morgan fingerprint density at radius 3 is 2.35 bits per heavy atom. The van der Waals surface area contributed by atoms with Gasteiger partial charge in [-0.3, -0.25) is 14.5 Å². The molecule has 0 aromatic rings. The molecule has 1 aliphatic heterocycles. The number of nitrogens with zero attached hydrogens (tertiary/aromatic N) is 2. The van der Waals surface area contributed by atoms with E-state index in [0.29, 0.717) is 19.6 Å². The van der Waals surface area contributed by atoms with Crippen molar-refractivity contribution in [3.63, 3.8) is 0 Å². The van der Waals surface area contributed by atoms with Crippen LogP contribution in [0.15, 0.2) is 0 Å². The molecule has 0 atom stereocenters. The average molecular weight is 283 g/mol. The second kappa shape index (κ2) is 6.54. The zero-order valence-electron chi connectivity index (χ0n) is 12.0. The molecule has 0 aromatic carbocycles. The summed E-state index contributed by atoms with van der Waals surface area (Å²) in [5.41, 5.74) is 5.62. The normalized spacial score (nSPS) is 24.1. The van der Waals surface area contributed by atoms with Crippen molar-refractivity contribution in [3.05, 3.63) is 0 Å². The Balaban J connectivity index is 1.92. The number of carbonyl (C=O) groups is 2. The Labute approximate surface area is 119 Å². The van der Waals surface area contributed by atoms with E-state index in [-0.39, 0.29) is 12.5 Å². The highest BCUT2D eigenvalue weighted by atomic mass is 16.4. The van der Waals surface area contributed by atoms with Gasteiger partial charge in [-0.05, 0) is 19.3 Å². The Hall–Kier alpha value is -1.14. The summed E-state index contributed by atoms with van der Waals surface area (Å²) in [7, 11) is 0. The molecular weight excluding hydrogens is 258 g/mol. The fourth-order valence-corrected chi connectivity index (χ4v) is 3.23. The van der Waals surface area contributed by atoms with Crippen LogP contribution in [-0.4, -0.2) is 65.0 Å². The van der Waals surface area contributed by atoms with E-state index >= 15 is 0 Å². The van der Waals surface area contributed by atoms with Crippen LogP contribution in [-0.2, 0) is 9.59 Å². The highest BCUT2D eigenvalue weighted by Crippen LogP contribution is 2.28. The van der Waals surface area contributed by atoms with Gasteiger partial charge in [0.2, 0.25) is 5.91 Å². The first-order chi connectivity index (χ1) is 9.51. The summed E-state index contributed by atoms with van der Waals surface area (Å²) >= 11 is 0. The third kappa shape index (κ3) is 3.70. The molecular formula is C14H25N3O3. The van der Waals surface area contributed by atoms with Crippen molar-refractivity contribution < 1.29 is 14.7 Å². The molecule has 0 aromatic heterocycles. The quantitative estimate of drug-likeness (QED) is 0.776. The van der Waals surface area contributed by atoms with E-state index in [2.05, 4.69) is 0 Å². The lowest BCUT2D eigenvalue weighted by Gasteiger charge is -2.36. The molecule has 6 heteroatoms. The van der Waals surface area contributed by atoms with Gasteiger partial charge in [-0.1, -0.05) is 19.3 Å². The first kappa shape index (κ1) is 15.3. The molecule has 1 heterocycles. The summed E-state index contributed by atoms with van der Waals surface area (Å²) in [5, 5.41) is 8.84. The molecule has 20 heavy (non-hydrogen) atoms. The van der Waals surface area contributed by atoms with Crippen molar-refractivity contribution in [2.24, 2.45) is 5.73 Å². The first-order valence-electron chi connectivity index (χ1n) is 7.54. The minimum Gasteiger partial charge on any atom is -0.480 e. The molecule has 2 fully saturated rings. The summed E-state index contributed by atoms with van der Waals surface area (Å²) in [6, 6.07) is 0. The highest BCUT2D eigenvalue weighted by molar-refractivity contribution is 5.86. The number of carboxylic acids is 1. The molecule has 0 bridgehead atoms. The Kier molecular flexibility index (Phi) is 4.99. The van der Waals surface area contributed by atoms with Crippen LogP contribution < -0.4 is 5.73 Å². The van der Waals surface area contributed by atoms with Crippen molar-refractivity contribution in [2.75, 3.05) is 32.7 Å². The number of carboxylic acid groups (broad SMARTS) is 1. The van der Waals surface area contributed by atoms with Gasteiger partial charge in [0.1, 0.15) is 0 Å². The summed E-state index contributed by atoms with van der Waals surface area (Å²) in [6.45, 7) is 2.68. The highest BCUT2D eigenvalue weighted by Gasteiger charge is 2.38. The monoisotopic (exact) mass is 283 g/mol. The van der Waals surface area contributed by atoms with E-state index < -0.39 is 11.5 Å². The number of carbonyl (C=O) groups excluding carboxylic acids is 1. The van der Waals surface area contributed by atoms with E-state index in [1.165, 1.54) is 6.42 Å². The van der Waals surface area contributed by atoms with Gasteiger partial charge in [0, 0.05) is 26.2 Å². The summed E-state index contributed by atoms with van der Waals surface area (Å²) in [4.78, 5) is 27.1. The minimum atomic E-state index is -0.813. The van der Waals surface area contributed by atoms with Crippen LogP contribution in [0.25, 0.3) is 0 Å². The maximum atomic E-state index is 12.6. The number of hydrogen-bond donors (Lipinski definition) is 2. The summed E-state index contributed by atoms with van der Waals surface area (Å²) in [5.74, 6) is -0.748. The van der Waals surface area contributed by atoms with Crippen LogP contribution in [0.5, 0.6) is 0 Å². The van der Waals surface area contributed by atoms with Crippen LogP contribution in [0.3, 0.4) is 0 Å². The van der Waals surface area contributed by atoms with Gasteiger partial charge in [-0.2, -0.15) is 0 Å². The molecule has 114 valence electrons. The second-order valence-electron chi connectivity index (χ2n) is 6.03. The van der Waals surface area contributed by atoms with Gasteiger partial charge in [-0.15, -0.1) is 0 Å². The fourth-order valence-electron chi connectivity index (χ4n) is 3.23. The SMILES string of the molecule is NC1(C(=O)N2CCCN(CC(=O)O)CC2)CCCCC1. The molecule has 0 spiro atoms. The Bertz CT molecular complexity index is 367. The lowest BCUT2D eigenvalue weighted by atomic mass is 9.81. The standard InChI is InChI=1S/C14H25N3O3/c15-14(5-2-1-3-6-14)13(20)17-8-4-7-16(9-10-17)11-12(18)19/h1-11,15H2,(H,18,19). The molecule has 1 aliphatic carbocycles. The summed E-state index contributed by atoms with van der Waals surface area (Å²) in [6.07, 6.45) is 5.60. The number of hydrogen-bond acceptors (Lipinski definition) is 4. The number of aliphatic carboxylic acids is 1. The minimum absolute atomic E-state index is 0.0514. The zero-order chi connectivity index (χ0) is 14.6. The van der Waals surface area contributed by atoms with Crippen molar-refractivity contribution in [2.45, 2.75) is 44.1 Å². The van der Waals surface area contributed by atoms with Gasteiger partial charge in [-0.25, -0.2) is 0 Å². The Morgan fingerprint density at radius 1 is 1.00 bits per heavy atom. The van der Waals surface area contributed by atoms with E-state index in [9.17, 15) is 9.59 Å². The number of nitrogens with two attached hydrogens (primary N) is 1. The molecule has 1 amide bonds. The van der Waals surface area contributed by atoms with Gasteiger partial charge in [0.05, 0.1) is 12.1 Å².